The van der Waals surface area contributed by atoms with Gasteiger partial charge in [-0.15, -0.1) is 0 Å². The highest BCUT2D eigenvalue weighted by molar-refractivity contribution is 9.10. The normalized spacial score (nSPS) is 10.2. The Labute approximate surface area is 127 Å². The molecule has 0 aliphatic heterocycles. The summed E-state index contributed by atoms with van der Waals surface area (Å²) in [7, 11) is 0. The first kappa shape index (κ1) is 15.0. The number of nitrogen functional groups attached to an aromatic ring is 1. The van der Waals surface area contributed by atoms with E-state index in [1.807, 2.05) is 0 Å². The van der Waals surface area contributed by atoms with Crippen LogP contribution in [-0.2, 0) is 0 Å². The molecule has 2 rings (SSSR count). The number of carboxylic acid groups (broad SMARTS) is 1. The predicted molar refractivity (Wildman–Crippen MR) is 79.9 cm³/mol. The van der Waals surface area contributed by atoms with Gasteiger partial charge in [0.15, 0.2) is 0 Å². The third kappa shape index (κ3) is 3.38. The van der Waals surface area contributed by atoms with Crippen LogP contribution in [0.15, 0.2) is 40.9 Å². The fourth-order valence-corrected chi connectivity index (χ4v) is 2.05. The van der Waals surface area contributed by atoms with Crippen molar-refractivity contribution in [3.63, 3.8) is 0 Å². The number of hydrogen-bond donors (Lipinski definition) is 3. The summed E-state index contributed by atoms with van der Waals surface area (Å²) in [4.78, 5) is 23.1. The number of amides is 1. The molecular weight excluding hydrogens is 343 g/mol. The number of benzene rings is 2. The fraction of sp³-hybridized carbons (Fsp3) is 0. The first-order valence-corrected chi connectivity index (χ1v) is 6.57. The van der Waals surface area contributed by atoms with Gasteiger partial charge in [0.05, 0.1) is 16.8 Å². The molecule has 1 amide bonds. The summed E-state index contributed by atoms with van der Waals surface area (Å²) in [6, 6.07) is 7.92. The highest BCUT2D eigenvalue weighted by Gasteiger charge is 2.16. The van der Waals surface area contributed by atoms with E-state index in [-0.39, 0.29) is 22.5 Å². The summed E-state index contributed by atoms with van der Waals surface area (Å²) in [5.74, 6) is -2.70. The van der Waals surface area contributed by atoms with Gasteiger partial charge in [-0.2, -0.15) is 0 Å². The Balaban J connectivity index is 2.35. The van der Waals surface area contributed by atoms with E-state index < -0.39 is 17.7 Å². The molecule has 0 bridgehead atoms. The van der Waals surface area contributed by atoms with Crippen molar-refractivity contribution in [2.45, 2.75) is 0 Å². The number of aromatic carboxylic acids is 1. The molecule has 2 aromatic carbocycles. The molecule has 5 nitrogen and oxygen atoms in total. The van der Waals surface area contributed by atoms with E-state index in [9.17, 15) is 14.0 Å². The summed E-state index contributed by atoms with van der Waals surface area (Å²) in [6.07, 6.45) is 0. The monoisotopic (exact) mass is 352 g/mol. The molecule has 7 heteroatoms. The van der Waals surface area contributed by atoms with E-state index in [0.29, 0.717) is 4.47 Å². The van der Waals surface area contributed by atoms with Crippen molar-refractivity contribution in [2.24, 2.45) is 0 Å². The molecule has 0 atom stereocenters. The van der Waals surface area contributed by atoms with Crippen molar-refractivity contribution in [3.8, 4) is 0 Å². The topological polar surface area (TPSA) is 92.4 Å². The number of carboxylic acids is 1. The lowest BCUT2D eigenvalue weighted by Crippen LogP contribution is -2.16. The molecule has 0 fully saturated rings. The highest BCUT2D eigenvalue weighted by Crippen LogP contribution is 2.21. The zero-order chi connectivity index (χ0) is 15.6. The maximum Gasteiger partial charge on any atom is 0.337 e. The number of rotatable bonds is 3. The lowest BCUT2D eigenvalue weighted by Gasteiger charge is -2.10. The summed E-state index contributed by atoms with van der Waals surface area (Å²) < 4.78 is 14.2. The molecule has 0 saturated heterocycles. The summed E-state index contributed by atoms with van der Waals surface area (Å²) >= 11 is 3.09. The second-order valence-corrected chi connectivity index (χ2v) is 5.10. The van der Waals surface area contributed by atoms with E-state index in [0.717, 1.165) is 6.07 Å². The predicted octanol–water partition coefficient (Wildman–Crippen LogP) is 3.12. The number of anilines is 2. The number of nitrogens with one attached hydrogen (secondary N) is 1. The van der Waals surface area contributed by atoms with Crippen LogP contribution in [0, 0.1) is 5.82 Å². The van der Waals surface area contributed by atoms with Crippen LogP contribution in [0.25, 0.3) is 0 Å². The van der Waals surface area contributed by atoms with Gasteiger partial charge in [-0.05, 0) is 36.4 Å². The second-order valence-electron chi connectivity index (χ2n) is 4.19. The number of carbonyl (C=O) groups excluding carboxylic acids is 1. The number of carbonyl (C=O) groups is 2. The van der Waals surface area contributed by atoms with Gasteiger partial charge in [0.25, 0.3) is 5.91 Å². The number of halogens is 2. The van der Waals surface area contributed by atoms with Crippen molar-refractivity contribution in [3.05, 3.63) is 57.8 Å². The summed E-state index contributed by atoms with van der Waals surface area (Å²) in [6.45, 7) is 0. The SMILES string of the molecule is Nc1ccc(C(=O)O)c(NC(=O)c2ccc(Br)cc2F)c1. The molecule has 0 radical (unpaired) electrons. The Morgan fingerprint density at radius 2 is 1.81 bits per heavy atom. The molecule has 0 heterocycles. The van der Waals surface area contributed by atoms with Crippen LogP contribution in [0.2, 0.25) is 0 Å². The van der Waals surface area contributed by atoms with E-state index in [1.54, 1.807) is 0 Å². The minimum Gasteiger partial charge on any atom is -0.478 e. The number of nitrogens with two attached hydrogens (primary N) is 1. The van der Waals surface area contributed by atoms with Gasteiger partial charge in [-0.1, -0.05) is 15.9 Å². The third-order valence-corrected chi connectivity index (χ3v) is 3.19. The number of hydrogen-bond acceptors (Lipinski definition) is 3. The zero-order valence-electron chi connectivity index (χ0n) is 10.6. The lowest BCUT2D eigenvalue weighted by atomic mass is 10.1. The van der Waals surface area contributed by atoms with Crippen molar-refractivity contribution in [2.75, 3.05) is 11.1 Å². The average molecular weight is 353 g/mol. The molecule has 0 unspecified atom stereocenters. The standard InChI is InChI=1S/C14H10BrFN2O3/c15-7-1-3-9(11(16)5-7)13(19)18-12-6-8(17)2-4-10(12)14(20)21/h1-6H,17H2,(H,18,19)(H,20,21). The Morgan fingerprint density at radius 1 is 1.14 bits per heavy atom. The summed E-state index contributed by atoms with van der Waals surface area (Å²) in [5.41, 5.74) is 5.53. The molecular formula is C14H10BrFN2O3. The fourth-order valence-electron chi connectivity index (χ4n) is 1.72. The zero-order valence-corrected chi connectivity index (χ0v) is 12.1. The van der Waals surface area contributed by atoms with Crippen molar-refractivity contribution in [1.82, 2.24) is 0 Å². The Bertz CT molecular complexity index is 734. The molecule has 2 aromatic rings. The van der Waals surface area contributed by atoms with Gasteiger partial charge in [0.2, 0.25) is 0 Å². The van der Waals surface area contributed by atoms with Crippen LogP contribution in [0.1, 0.15) is 20.7 Å². The van der Waals surface area contributed by atoms with E-state index in [1.165, 1.54) is 30.3 Å². The largest absolute Gasteiger partial charge is 0.478 e. The van der Waals surface area contributed by atoms with Crippen molar-refractivity contribution >= 4 is 39.2 Å². The van der Waals surface area contributed by atoms with Gasteiger partial charge in [-0.3, -0.25) is 4.79 Å². The average Bonchev–Trinajstić information content (AvgIpc) is 2.37. The second kappa shape index (κ2) is 5.92. The first-order valence-electron chi connectivity index (χ1n) is 5.77. The molecule has 21 heavy (non-hydrogen) atoms. The highest BCUT2D eigenvalue weighted by atomic mass is 79.9. The molecule has 0 aromatic heterocycles. The maximum atomic E-state index is 13.7. The molecule has 0 spiro atoms. The van der Waals surface area contributed by atoms with Gasteiger partial charge in [0, 0.05) is 10.2 Å². The molecule has 0 aliphatic carbocycles. The van der Waals surface area contributed by atoms with Crippen LogP contribution in [0.3, 0.4) is 0 Å². The van der Waals surface area contributed by atoms with Gasteiger partial charge in [-0.25, -0.2) is 9.18 Å². The quantitative estimate of drug-likeness (QED) is 0.740. The third-order valence-electron chi connectivity index (χ3n) is 2.70. The van der Waals surface area contributed by atoms with Gasteiger partial charge < -0.3 is 16.2 Å². The van der Waals surface area contributed by atoms with E-state index >= 15 is 0 Å². The lowest BCUT2D eigenvalue weighted by molar-refractivity contribution is 0.0698. The van der Waals surface area contributed by atoms with Crippen LogP contribution >= 0.6 is 15.9 Å². The maximum absolute atomic E-state index is 13.7. The van der Waals surface area contributed by atoms with Crippen molar-refractivity contribution in [1.29, 1.82) is 0 Å². The van der Waals surface area contributed by atoms with Crippen LogP contribution in [0.5, 0.6) is 0 Å². The Kier molecular flexibility index (Phi) is 4.23. The first-order chi connectivity index (χ1) is 9.88. The smallest absolute Gasteiger partial charge is 0.337 e. The molecule has 0 saturated carbocycles. The summed E-state index contributed by atoms with van der Waals surface area (Å²) in [5, 5.41) is 11.4. The van der Waals surface area contributed by atoms with Gasteiger partial charge in [0.1, 0.15) is 5.82 Å². The molecule has 0 aliphatic rings. The van der Waals surface area contributed by atoms with Crippen molar-refractivity contribution < 1.29 is 19.1 Å². The van der Waals surface area contributed by atoms with Gasteiger partial charge >= 0.3 is 5.97 Å². The molecule has 108 valence electrons. The van der Waals surface area contributed by atoms with E-state index in [2.05, 4.69) is 21.2 Å². The minimum atomic E-state index is -1.22. The molecule has 4 N–H and O–H groups in total. The minimum absolute atomic E-state index is 0.00909. The Hall–Kier alpha value is -2.41. The Morgan fingerprint density at radius 3 is 2.43 bits per heavy atom. The van der Waals surface area contributed by atoms with Crippen LogP contribution in [-0.4, -0.2) is 17.0 Å². The van der Waals surface area contributed by atoms with Crippen LogP contribution in [0.4, 0.5) is 15.8 Å². The van der Waals surface area contributed by atoms with Crippen LogP contribution < -0.4 is 11.1 Å². The van der Waals surface area contributed by atoms with E-state index in [4.69, 9.17) is 10.8 Å².